The van der Waals surface area contributed by atoms with Crippen molar-refractivity contribution in [2.75, 3.05) is 36.0 Å². The number of hydrogen-bond acceptors (Lipinski definition) is 8. The number of anilines is 2. The van der Waals surface area contributed by atoms with E-state index in [9.17, 15) is 31.5 Å². The first-order chi connectivity index (χ1) is 17.1. The smallest absolute Gasteiger partial charge is 0.408 e. The third kappa shape index (κ3) is 5.58. The van der Waals surface area contributed by atoms with Crippen LogP contribution in [0, 0.1) is 0 Å². The second-order valence-corrected chi connectivity index (χ2v) is 8.38. The molecule has 2 aliphatic heterocycles. The number of halogens is 5. The zero-order valence-corrected chi connectivity index (χ0v) is 19.3. The minimum absolute atomic E-state index is 0.0827. The fourth-order valence-corrected chi connectivity index (χ4v) is 4.40. The van der Waals surface area contributed by atoms with Crippen molar-refractivity contribution >= 4 is 17.5 Å². The third-order valence-corrected chi connectivity index (χ3v) is 6.07. The van der Waals surface area contributed by atoms with Gasteiger partial charge in [0.2, 0.25) is 11.8 Å². The fraction of sp³-hybridized carbons (Fsp3) is 0.545. The monoisotopic (exact) mass is 517 g/mol. The van der Waals surface area contributed by atoms with Crippen molar-refractivity contribution < 1.29 is 36.2 Å². The van der Waals surface area contributed by atoms with Crippen LogP contribution in [0.5, 0.6) is 5.88 Å². The van der Waals surface area contributed by atoms with Gasteiger partial charge in [-0.3, -0.25) is 14.2 Å². The highest BCUT2D eigenvalue weighted by molar-refractivity contribution is 5.99. The molecule has 0 N–H and O–H groups in total. The molecule has 0 spiro atoms. The fourth-order valence-electron chi connectivity index (χ4n) is 4.40. The molecule has 2 aromatic heterocycles. The molecule has 4 rings (SSSR count). The molecule has 2 aromatic rings. The van der Waals surface area contributed by atoms with E-state index in [1.807, 2.05) is 6.92 Å². The molecule has 9 nitrogen and oxygen atoms in total. The molecule has 0 amide bonds. The van der Waals surface area contributed by atoms with Crippen LogP contribution in [0.3, 0.4) is 0 Å². The number of Topliss-reactive ketones (excluding diaryl/α,β-unsaturated/α-hetero) is 1. The van der Waals surface area contributed by atoms with E-state index >= 15 is 0 Å². The van der Waals surface area contributed by atoms with Crippen molar-refractivity contribution in [1.29, 1.82) is 0 Å². The number of carbonyl (C=O) groups excluding carboxylic acids is 1. The van der Waals surface area contributed by atoms with Gasteiger partial charge in [-0.1, -0.05) is 0 Å². The van der Waals surface area contributed by atoms with Gasteiger partial charge in [0.1, 0.15) is 11.9 Å². The maximum Gasteiger partial charge on any atom is 0.408 e. The summed E-state index contributed by atoms with van der Waals surface area (Å²) in [6.45, 7) is -0.767. The highest BCUT2D eigenvalue weighted by atomic mass is 19.4. The van der Waals surface area contributed by atoms with Crippen LogP contribution in [0.15, 0.2) is 29.2 Å². The predicted octanol–water partition coefficient (Wildman–Crippen LogP) is 2.88. The highest BCUT2D eigenvalue weighted by Crippen LogP contribution is 2.34. The number of pyridine rings is 1. The number of rotatable bonds is 8. The first kappa shape index (κ1) is 25.8. The lowest BCUT2D eigenvalue weighted by atomic mass is 10.1. The Morgan fingerprint density at radius 3 is 2.64 bits per heavy atom. The predicted molar refractivity (Wildman–Crippen MR) is 118 cm³/mol. The Morgan fingerprint density at radius 1 is 1.22 bits per heavy atom. The Hall–Kier alpha value is -3.29. The van der Waals surface area contributed by atoms with Crippen molar-refractivity contribution in [2.45, 2.75) is 51.2 Å². The number of fused-ring (bicyclic) bond motifs is 1. The van der Waals surface area contributed by atoms with E-state index in [0.29, 0.717) is 26.1 Å². The Labute approximate surface area is 202 Å². The summed E-state index contributed by atoms with van der Waals surface area (Å²) in [5.41, 5.74) is -0.629. The maximum absolute atomic E-state index is 14.0. The molecular weight excluding hydrogens is 493 g/mol. The van der Waals surface area contributed by atoms with Crippen LogP contribution in [0.1, 0.15) is 30.1 Å². The molecule has 0 saturated carbocycles. The summed E-state index contributed by atoms with van der Waals surface area (Å²) in [5, 5.41) is 0. The largest absolute Gasteiger partial charge is 0.417 e. The lowest BCUT2D eigenvalue weighted by Crippen LogP contribution is -2.54. The Bertz CT molecular complexity index is 1140. The molecule has 36 heavy (non-hydrogen) atoms. The van der Waals surface area contributed by atoms with Crippen molar-refractivity contribution in [1.82, 2.24) is 14.5 Å². The van der Waals surface area contributed by atoms with E-state index in [4.69, 9.17) is 4.74 Å². The number of carbonyl (C=O) groups is 1. The Kier molecular flexibility index (Phi) is 7.43. The second kappa shape index (κ2) is 10.4. The summed E-state index contributed by atoms with van der Waals surface area (Å²) >= 11 is 0. The van der Waals surface area contributed by atoms with Crippen LogP contribution < -0.4 is 20.1 Å². The zero-order chi connectivity index (χ0) is 26.0. The van der Waals surface area contributed by atoms with Crippen LogP contribution in [-0.4, -0.2) is 71.5 Å². The zero-order valence-electron chi connectivity index (χ0n) is 19.3. The van der Waals surface area contributed by atoms with E-state index < -0.39 is 49.0 Å². The highest BCUT2D eigenvalue weighted by Gasteiger charge is 2.47. The van der Waals surface area contributed by atoms with Crippen LogP contribution >= 0.6 is 0 Å². The average Bonchev–Trinajstić information content (AvgIpc) is 3.27. The molecular formula is C22H24F5N5O4. The van der Waals surface area contributed by atoms with Gasteiger partial charge in [0.05, 0.1) is 12.6 Å². The summed E-state index contributed by atoms with van der Waals surface area (Å²) in [7, 11) is 0. The summed E-state index contributed by atoms with van der Waals surface area (Å²) in [6, 6.07) is 1.38. The van der Waals surface area contributed by atoms with E-state index in [0.717, 1.165) is 27.8 Å². The van der Waals surface area contributed by atoms with Crippen molar-refractivity contribution in [3.8, 4) is 5.88 Å². The quantitative estimate of drug-likeness (QED) is 0.390. The number of ketones is 1. The SMILES string of the molecule is CCOC1CCN(c2cc(=O)n3c(n2)N(CC(=O)c2ccc(OC(F)F)nc2)C(C(F)(F)F)CC3)C1. The van der Waals surface area contributed by atoms with Crippen molar-refractivity contribution in [2.24, 2.45) is 0 Å². The lowest BCUT2D eigenvalue weighted by Gasteiger charge is -2.39. The molecule has 0 aliphatic carbocycles. The Balaban J connectivity index is 1.64. The molecule has 196 valence electrons. The molecule has 1 fully saturated rings. The number of ether oxygens (including phenoxy) is 2. The molecule has 0 radical (unpaired) electrons. The van der Waals surface area contributed by atoms with Crippen LogP contribution in [0.4, 0.5) is 33.7 Å². The Morgan fingerprint density at radius 2 is 2.00 bits per heavy atom. The van der Waals surface area contributed by atoms with Gasteiger partial charge in [-0.05, 0) is 25.8 Å². The van der Waals surface area contributed by atoms with E-state index in [2.05, 4.69) is 14.7 Å². The maximum atomic E-state index is 14.0. The summed E-state index contributed by atoms with van der Waals surface area (Å²) in [4.78, 5) is 36.2. The van der Waals surface area contributed by atoms with Gasteiger partial charge in [0.25, 0.3) is 5.56 Å². The van der Waals surface area contributed by atoms with Gasteiger partial charge in [-0.2, -0.15) is 26.9 Å². The molecule has 4 heterocycles. The first-order valence-electron chi connectivity index (χ1n) is 11.3. The van der Waals surface area contributed by atoms with Gasteiger partial charge < -0.3 is 19.3 Å². The van der Waals surface area contributed by atoms with Gasteiger partial charge >= 0.3 is 12.8 Å². The van der Waals surface area contributed by atoms with Gasteiger partial charge in [0.15, 0.2) is 5.78 Å². The first-order valence-corrected chi connectivity index (χ1v) is 11.3. The molecule has 2 aliphatic rings. The third-order valence-electron chi connectivity index (χ3n) is 6.07. The molecule has 0 aromatic carbocycles. The van der Waals surface area contributed by atoms with Crippen molar-refractivity contribution in [3.05, 3.63) is 40.3 Å². The number of hydrogen-bond donors (Lipinski definition) is 0. The van der Waals surface area contributed by atoms with Crippen LogP contribution in [-0.2, 0) is 11.3 Å². The summed E-state index contributed by atoms with van der Waals surface area (Å²) in [5.74, 6) is -1.24. The minimum Gasteiger partial charge on any atom is -0.417 e. The minimum atomic E-state index is -4.69. The summed E-state index contributed by atoms with van der Waals surface area (Å²) in [6.07, 6.45) is -3.59. The van der Waals surface area contributed by atoms with Gasteiger partial charge in [0, 0.05) is 50.1 Å². The number of alkyl halides is 5. The molecule has 1 saturated heterocycles. The van der Waals surface area contributed by atoms with E-state index in [1.54, 1.807) is 4.90 Å². The number of aromatic nitrogens is 3. The standard InChI is InChI=1S/C22H24F5N5O4/c1-2-35-14-5-7-30(11-14)17-9-19(34)31-8-6-16(22(25,26)27)32(21(31)29-17)12-15(33)13-3-4-18(28-10-13)36-20(23)24/h3-4,9-10,14,16,20H,2,5-8,11-12H2,1H3. The topological polar surface area (TPSA) is 89.8 Å². The van der Waals surface area contributed by atoms with Crippen molar-refractivity contribution in [3.63, 3.8) is 0 Å². The molecule has 14 heteroatoms. The molecule has 2 unspecified atom stereocenters. The molecule has 2 atom stereocenters. The lowest BCUT2D eigenvalue weighted by molar-refractivity contribution is -0.152. The van der Waals surface area contributed by atoms with Gasteiger partial charge in [-0.25, -0.2) is 4.98 Å². The molecule has 0 bridgehead atoms. The number of nitrogens with zero attached hydrogens (tertiary/aromatic N) is 5. The van der Waals surface area contributed by atoms with E-state index in [-0.39, 0.29) is 30.0 Å². The summed E-state index contributed by atoms with van der Waals surface area (Å²) < 4.78 is 77.4. The van der Waals surface area contributed by atoms with E-state index in [1.165, 1.54) is 6.07 Å². The average molecular weight is 517 g/mol. The van der Waals surface area contributed by atoms with Gasteiger partial charge in [-0.15, -0.1) is 0 Å². The second-order valence-electron chi connectivity index (χ2n) is 8.38. The van der Waals surface area contributed by atoms with Crippen LogP contribution in [0.25, 0.3) is 0 Å². The van der Waals surface area contributed by atoms with Crippen LogP contribution in [0.2, 0.25) is 0 Å². The normalized spacial score (nSPS) is 20.1.